The van der Waals surface area contributed by atoms with Gasteiger partial charge < -0.3 is 14.9 Å². The first-order valence-corrected chi connectivity index (χ1v) is 6.72. The van der Waals surface area contributed by atoms with Crippen molar-refractivity contribution in [3.05, 3.63) is 0 Å². The number of hydrogen-bond acceptors (Lipinski definition) is 3. The van der Waals surface area contributed by atoms with Crippen LogP contribution in [0.2, 0.25) is 0 Å². The third-order valence-corrected chi connectivity index (χ3v) is 4.09. The van der Waals surface area contributed by atoms with Crippen molar-refractivity contribution < 1.29 is 9.90 Å². The van der Waals surface area contributed by atoms with E-state index in [0.717, 1.165) is 32.5 Å². The van der Waals surface area contributed by atoms with Gasteiger partial charge in [-0.3, -0.25) is 4.79 Å². The number of aliphatic carboxylic acids is 1. The van der Waals surface area contributed by atoms with Crippen LogP contribution in [0.4, 0.5) is 0 Å². The van der Waals surface area contributed by atoms with Gasteiger partial charge in [-0.15, -0.1) is 0 Å². The SMILES string of the molecule is CN(CCN1CCCC1)CC1(CC(=O)O)CC1. The van der Waals surface area contributed by atoms with Crippen molar-refractivity contribution in [2.45, 2.75) is 32.1 Å². The molecule has 1 saturated carbocycles. The van der Waals surface area contributed by atoms with Crippen LogP contribution in [0.25, 0.3) is 0 Å². The highest BCUT2D eigenvalue weighted by Crippen LogP contribution is 2.49. The Hall–Kier alpha value is -0.610. The smallest absolute Gasteiger partial charge is 0.303 e. The molecule has 1 heterocycles. The predicted octanol–water partition coefficient (Wildman–Crippen LogP) is 1.27. The van der Waals surface area contributed by atoms with E-state index >= 15 is 0 Å². The highest BCUT2D eigenvalue weighted by atomic mass is 16.4. The molecule has 0 spiro atoms. The second kappa shape index (κ2) is 5.36. The van der Waals surface area contributed by atoms with E-state index in [1.54, 1.807) is 0 Å². The minimum Gasteiger partial charge on any atom is -0.481 e. The fraction of sp³-hybridized carbons (Fsp3) is 0.923. The lowest BCUT2D eigenvalue weighted by atomic mass is 10.0. The quantitative estimate of drug-likeness (QED) is 0.728. The number of hydrogen-bond donors (Lipinski definition) is 1. The van der Waals surface area contributed by atoms with Crippen molar-refractivity contribution in [2.24, 2.45) is 5.41 Å². The number of carbonyl (C=O) groups is 1. The summed E-state index contributed by atoms with van der Waals surface area (Å²) in [6, 6.07) is 0. The summed E-state index contributed by atoms with van der Waals surface area (Å²) in [6.07, 6.45) is 5.21. The van der Waals surface area contributed by atoms with Gasteiger partial charge in [0.1, 0.15) is 0 Å². The average molecular weight is 240 g/mol. The van der Waals surface area contributed by atoms with E-state index in [-0.39, 0.29) is 5.41 Å². The van der Waals surface area contributed by atoms with Crippen molar-refractivity contribution in [3.63, 3.8) is 0 Å². The standard InChI is InChI=1S/C13H24N2O2/c1-14(8-9-15-6-2-3-7-15)11-13(4-5-13)10-12(16)17/h2-11H2,1H3,(H,16,17). The molecule has 1 N–H and O–H groups in total. The molecule has 17 heavy (non-hydrogen) atoms. The summed E-state index contributed by atoms with van der Waals surface area (Å²) >= 11 is 0. The van der Waals surface area contributed by atoms with Gasteiger partial charge in [0.25, 0.3) is 0 Å². The fourth-order valence-electron chi connectivity index (χ4n) is 2.86. The van der Waals surface area contributed by atoms with E-state index in [1.165, 1.54) is 25.9 Å². The summed E-state index contributed by atoms with van der Waals surface area (Å²) in [5, 5.41) is 8.88. The molecule has 2 rings (SSSR count). The van der Waals surface area contributed by atoms with Gasteiger partial charge in [-0.1, -0.05) is 0 Å². The molecule has 0 aromatic heterocycles. The molecule has 98 valence electrons. The largest absolute Gasteiger partial charge is 0.481 e. The Labute approximate surface area is 104 Å². The number of carboxylic acid groups (broad SMARTS) is 1. The van der Waals surface area contributed by atoms with E-state index < -0.39 is 5.97 Å². The Morgan fingerprint density at radius 3 is 2.53 bits per heavy atom. The van der Waals surface area contributed by atoms with Crippen molar-refractivity contribution in [2.75, 3.05) is 39.8 Å². The normalized spacial score (nSPS) is 23.2. The third kappa shape index (κ3) is 3.96. The highest BCUT2D eigenvalue weighted by molar-refractivity contribution is 5.68. The van der Waals surface area contributed by atoms with Gasteiger partial charge in [0.05, 0.1) is 6.42 Å². The van der Waals surface area contributed by atoms with Crippen LogP contribution in [0.5, 0.6) is 0 Å². The van der Waals surface area contributed by atoms with Crippen LogP contribution < -0.4 is 0 Å². The Morgan fingerprint density at radius 2 is 2.00 bits per heavy atom. The van der Waals surface area contributed by atoms with Crippen LogP contribution in [-0.4, -0.2) is 60.6 Å². The minimum atomic E-state index is -0.643. The molecule has 1 aliphatic heterocycles. The van der Waals surface area contributed by atoms with Crippen LogP contribution in [-0.2, 0) is 4.79 Å². The first-order chi connectivity index (χ1) is 8.10. The van der Waals surface area contributed by atoms with E-state index in [2.05, 4.69) is 16.8 Å². The molecule has 0 aromatic carbocycles. The number of nitrogens with zero attached hydrogens (tertiary/aromatic N) is 2. The maximum atomic E-state index is 10.8. The summed E-state index contributed by atoms with van der Waals surface area (Å²) in [6.45, 7) is 5.65. The maximum absolute atomic E-state index is 10.8. The zero-order chi connectivity index (χ0) is 12.3. The van der Waals surface area contributed by atoms with E-state index in [9.17, 15) is 4.79 Å². The van der Waals surface area contributed by atoms with Gasteiger partial charge in [0.15, 0.2) is 0 Å². The second-order valence-electron chi connectivity index (χ2n) is 5.86. The predicted molar refractivity (Wildman–Crippen MR) is 67.1 cm³/mol. The zero-order valence-electron chi connectivity index (χ0n) is 10.8. The molecule has 0 atom stereocenters. The lowest BCUT2D eigenvalue weighted by molar-refractivity contribution is -0.138. The monoisotopic (exact) mass is 240 g/mol. The summed E-state index contributed by atoms with van der Waals surface area (Å²) in [5.41, 5.74) is 0.103. The van der Waals surface area contributed by atoms with Crippen molar-refractivity contribution in [1.82, 2.24) is 9.80 Å². The Kier molecular flexibility index (Phi) is 4.05. The van der Waals surface area contributed by atoms with Gasteiger partial charge in [-0.2, -0.15) is 0 Å². The van der Waals surface area contributed by atoms with Gasteiger partial charge >= 0.3 is 5.97 Å². The van der Waals surface area contributed by atoms with Crippen LogP contribution >= 0.6 is 0 Å². The van der Waals surface area contributed by atoms with E-state index in [4.69, 9.17) is 5.11 Å². The van der Waals surface area contributed by atoms with Gasteiger partial charge in [0.2, 0.25) is 0 Å². The molecule has 4 nitrogen and oxygen atoms in total. The second-order valence-corrected chi connectivity index (χ2v) is 5.86. The molecule has 0 aromatic rings. The zero-order valence-corrected chi connectivity index (χ0v) is 10.8. The van der Waals surface area contributed by atoms with E-state index in [1.807, 2.05) is 0 Å². The number of likely N-dealkylation sites (N-methyl/N-ethyl adjacent to an activating group) is 1. The van der Waals surface area contributed by atoms with Crippen molar-refractivity contribution >= 4 is 5.97 Å². The maximum Gasteiger partial charge on any atom is 0.303 e. The topological polar surface area (TPSA) is 43.8 Å². The molecular weight excluding hydrogens is 216 g/mol. The number of likely N-dealkylation sites (tertiary alicyclic amines) is 1. The van der Waals surface area contributed by atoms with Crippen LogP contribution in [0, 0.1) is 5.41 Å². The van der Waals surface area contributed by atoms with Crippen LogP contribution in [0.15, 0.2) is 0 Å². The van der Waals surface area contributed by atoms with Gasteiger partial charge in [-0.25, -0.2) is 0 Å². The number of carboxylic acids is 1. The molecule has 0 bridgehead atoms. The van der Waals surface area contributed by atoms with Gasteiger partial charge in [-0.05, 0) is 51.2 Å². The molecule has 0 radical (unpaired) electrons. The molecular formula is C13H24N2O2. The highest BCUT2D eigenvalue weighted by Gasteiger charge is 2.44. The third-order valence-electron chi connectivity index (χ3n) is 4.09. The fourth-order valence-corrected chi connectivity index (χ4v) is 2.86. The summed E-state index contributed by atoms with van der Waals surface area (Å²) < 4.78 is 0. The molecule has 2 fully saturated rings. The van der Waals surface area contributed by atoms with Crippen LogP contribution in [0.1, 0.15) is 32.1 Å². The lowest BCUT2D eigenvalue weighted by Gasteiger charge is -2.25. The summed E-state index contributed by atoms with van der Waals surface area (Å²) in [5.74, 6) is -0.643. The lowest BCUT2D eigenvalue weighted by Crippen LogP contribution is -2.35. The molecule has 1 aliphatic carbocycles. The first-order valence-electron chi connectivity index (χ1n) is 6.72. The molecule has 4 heteroatoms. The van der Waals surface area contributed by atoms with Crippen LogP contribution in [0.3, 0.4) is 0 Å². The number of rotatable bonds is 7. The Morgan fingerprint density at radius 1 is 1.35 bits per heavy atom. The van der Waals surface area contributed by atoms with E-state index in [0.29, 0.717) is 6.42 Å². The average Bonchev–Trinajstić information content (AvgIpc) is 2.81. The molecule has 1 saturated heterocycles. The molecule has 0 amide bonds. The first kappa shape index (κ1) is 12.8. The Balaban J connectivity index is 1.66. The molecule has 2 aliphatic rings. The van der Waals surface area contributed by atoms with Gasteiger partial charge in [0, 0.05) is 19.6 Å². The molecule has 0 unspecified atom stereocenters. The Bertz CT molecular complexity index is 271. The van der Waals surface area contributed by atoms with Crippen molar-refractivity contribution in [1.29, 1.82) is 0 Å². The minimum absolute atomic E-state index is 0.103. The van der Waals surface area contributed by atoms with Crippen molar-refractivity contribution in [3.8, 4) is 0 Å². The summed E-state index contributed by atoms with van der Waals surface area (Å²) in [7, 11) is 2.12. The summed E-state index contributed by atoms with van der Waals surface area (Å²) in [4.78, 5) is 15.6.